The molecule has 1 amide bonds. The molecule has 0 spiro atoms. The Hall–Kier alpha value is -0.280. The number of hydrogen-bond donors (Lipinski definition) is 2. The number of hydrogen-bond acceptors (Lipinski definition) is 2. The summed E-state index contributed by atoms with van der Waals surface area (Å²) in [5.41, 5.74) is 0. The van der Waals surface area contributed by atoms with E-state index in [1.807, 2.05) is 0 Å². The lowest BCUT2D eigenvalue weighted by molar-refractivity contribution is -0.119. The molecule has 2 N–H and O–H groups in total. The summed E-state index contributed by atoms with van der Waals surface area (Å²) in [5, 5.41) is 6.14. The van der Waals surface area contributed by atoms with E-state index in [4.69, 9.17) is 0 Å². The minimum Gasteiger partial charge on any atom is -0.352 e. The fourth-order valence-electron chi connectivity index (χ4n) is 1.62. The minimum atomic E-state index is 0. The first kappa shape index (κ1) is 7.82. The molecule has 0 saturated carbocycles. The summed E-state index contributed by atoms with van der Waals surface area (Å²) in [4.78, 5) is 10.7. The van der Waals surface area contributed by atoms with Gasteiger partial charge in [0.05, 0.1) is 0 Å². The van der Waals surface area contributed by atoms with Gasteiger partial charge >= 0.3 is 0 Å². The van der Waals surface area contributed by atoms with Gasteiger partial charge < -0.3 is 10.6 Å². The first-order chi connectivity index (χ1) is 4.36. The lowest BCUT2D eigenvalue weighted by Crippen LogP contribution is -2.30. The van der Waals surface area contributed by atoms with Crippen LogP contribution in [0, 0.1) is 5.92 Å². The Morgan fingerprint density at radius 3 is 2.90 bits per heavy atom. The third-order valence-corrected chi connectivity index (χ3v) is 2.13. The highest BCUT2D eigenvalue weighted by molar-refractivity contribution is 5.85. The molecule has 0 bridgehead atoms. The number of carbonyl (C=O) groups is 1. The third kappa shape index (κ3) is 1.11. The van der Waals surface area contributed by atoms with Crippen molar-refractivity contribution in [1.29, 1.82) is 0 Å². The lowest BCUT2D eigenvalue weighted by Gasteiger charge is -2.03. The molecular formula is C6H11ClN2O. The first-order valence-electron chi connectivity index (χ1n) is 3.36. The topological polar surface area (TPSA) is 41.1 Å². The van der Waals surface area contributed by atoms with Gasteiger partial charge in [-0.15, -0.1) is 12.4 Å². The molecule has 2 heterocycles. The molecule has 2 rings (SSSR count). The monoisotopic (exact) mass is 162 g/mol. The highest BCUT2D eigenvalue weighted by Crippen LogP contribution is 2.18. The summed E-state index contributed by atoms with van der Waals surface area (Å²) in [6.45, 7) is 1.99. The van der Waals surface area contributed by atoms with Crippen molar-refractivity contribution >= 4 is 18.3 Å². The Morgan fingerprint density at radius 1 is 1.40 bits per heavy atom. The van der Waals surface area contributed by atoms with E-state index in [-0.39, 0.29) is 18.3 Å². The van der Waals surface area contributed by atoms with Crippen molar-refractivity contribution in [2.24, 2.45) is 5.92 Å². The second-order valence-electron chi connectivity index (χ2n) is 2.80. The number of fused-ring (bicyclic) bond motifs is 1. The Labute approximate surface area is 66.0 Å². The SMILES string of the molecule is Cl.O=C1CC2CNCC2N1. The molecular weight excluding hydrogens is 152 g/mol. The summed E-state index contributed by atoms with van der Waals surface area (Å²) in [6.07, 6.45) is 0.734. The van der Waals surface area contributed by atoms with Gasteiger partial charge in [0.2, 0.25) is 5.91 Å². The zero-order chi connectivity index (χ0) is 6.27. The average Bonchev–Trinajstić information content (AvgIpc) is 2.22. The van der Waals surface area contributed by atoms with Crippen molar-refractivity contribution < 1.29 is 4.79 Å². The molecule has 4 heteroatoms. The minimum absolute atomic E-state index is 0. The maximum Gasteiger partial charge on any atom is 0.220 e. The molecule has 58 valence electrons. The van der Waals surface area contributed by atoms with Crippen molar-refractivity contribution in [2.45, 2.75) is 12.5 Å². The first-order valence-corrected chi connectivity index (χ1v) is 3.36. The van der Waals surface area contributed by atoms with Gasteiger partial charge in [0, 0.05) is 31.5 Å². The second kappa shape index (κ2) is 2.76. The highest BCUT2D eigenvalue weighted by atomic mass is 35.5. The third-order valence-electron chi connectivity index (χ3n) is 2.13. The Bertz CT molecular complexity index is 137. The molecule has 2 fully saturated rings. The van der Waals surface area contributed by atoms with Gasteiger partial charge in [-0.1, -0.05) is 0 Å². The quantitative estimate of drug-likeness (QED) is 0.505. The standard InChI is InChI=1S/C6H10N2O.ClH/c9-6-1-4-2-7-3-5(4)8-6;/h4-5,7H,1-3H2,(H,8,9);1H. The summed E-state index contributed by atoms with van der Waals surface area (Å²) in [5.74, 6) is 0.809. The molecule has 0 aromatic carbocycles. The van der Waals surface area contributed by atoms with E-state index >= 15 is 0 Å². The van der Waals surface area contributed by atoms with E-state index in [9.17, 15) is 4.79 Å². The second-order valence-corrected chi connectivity index (χ2v) is 2.80. The molecule has 0 aromatic rings. The maximum absolute atomic E-state index is 10.7. The Balaban J connectivity index is 0.000000500. The van der Waals surface area contributed by atoms with Crippen LogP contribution in [-0.4, -0.2) is 25.0 Å². The fourth-order valence-corrected chi connectivity index (χ4v) is 1.62. The van der Waals surface area contributed by atoms with Gasteiger partial charge in [-0.2, -0.15) is 0 Å². The maximum atomic E-state index is 10.7. The molecule has 0 aromatic heterocycles. The molecule has 2 unspecified atom stereocenters. The van der Waals surface area contributed by atoms with Crippen LogP contribution in [0.2, 0.25) is 0 Å². The van der Waals surface area contributed by atoms with Crippen LogP contribution in [0.4, 0.5) is 0 Å². The number of nitrogens with one attached hydrogen (secondary N) is 2. The fraction of sp³-hybridized carbons (Fsp3) is 0.833. The van der Waals surface area contributed by atoms with Crippen LogP contribution < -0.4 is 10.6 Å². The van der Waals surface area contributed by atoms with Crippen molar-refractivity contribution in [2.75, 3.05) is 13.1 Å². The highest BCUT2D eigenvalue weighted by Gasteiger charge is 2.35. The Morgan fingerprint density at radius 2 is 2.20 bits per heavy atom. The van der Waals surface area contributed by atoms with E-state index in [0.29, 0.717) is 12.0 Å². The summed E-state index contributed by atoms with van der Waals surface area (Å²) in [6, 6.07) is 0.442. The molecule has 2 atom stereocenters. The molecule has 2 aliphatic rings. The van der Waals surface area contributed by atoms with E-state index in [0.717, 1.165) is 19.5 Å². The van der Waals surface area contributed by atoms with Crippen molar-refractivity contribution in [3.8, 4) is 0 Å². The predicted octanol–water partition coefficient (Wildman–Crippen LogP) is -0.484. The molecule has 0 aliphatic carbocycles. The van der Waals surface area contributed by atoms with Crippen LogP contribution in [0.15, 0.2) is 0 Å². The van der Waals surface area contributed by atoms with Crippen molar-refractivity contribution in [3.05, 3.63) is 0 Å². The number of carbonyl (C=O) groups excluding carboxylic acids is 1. The van der Waals surface area contributed by atoms with Gasteiger partial charge in [0.25, 0.3) is 0 Å². The van der Waals surface area contributed by atoms with Gasteiger partial charge in [-0.05, 0) is 0 Å². The van der Waals surface area contributed by atoms with Crippen LogP contribution in [0.3, 0.4) is 0 Å². The average molecular weight is 163 g/mol. The number of rotatable bonds is 0. The zero-order valence-corrected chi connectivity index (χ0v) is 6.41. The smallest absolute Gasteiger partial charge is 0.220 e. The van der Waals surface area contributed by atoms with E-state index in [2.05, 4.69) is 10.6 Å². The molecule has 10 heavy (non-hydrogen) atoms. The predicted molar refractivity (Wildman–Crippen MR) is 40.2 cm³/mol. The van der Waals surface area contributed by atoms with Crippen molar-refractivity contribution in [3.63, 3.8) is 0 Å². The molecule has 0 radical (unpaired) electrons. The summed E-state index contributed by atoms with van der Waals surface area (Å²) >= 11 is 0. The lowest BCUT2D eigenvalue weighted by atomic mass is 10.1. The molecule has 3 nitrogen and oxygen atoms in total. The van der Waals surface area contributed by atoms with Crippen LogP contribution in [0.5, 0.6) is 0 Å². The van der Waals surface area contributed by atoms with Gasteiger partial charge in [-0.3, -0.25) is 4.79 Å². The van der Waals surface area contributed by atoms with Crippen LogP contribution in [0.1, 0.15) is 6.42 Å². The van der Waals surface area contributed by atoms with Crippen LogP contribution >= 0.6 is 12.4 Å². The molecule has 2 aliphatic heterocycles. The van der Waals surface area contributed by atoms with Gasteiger partial charge in [0.15, 0.2) is 0 Å². The van der Waals surface area contributed by atoms with Gasteiger partial charge in [0.1, 0.15) is 0 Å². The van der Waals surface area contributed by atoms with E-state index < -0.39 is 0 Å². The summed E-state index contributed by atoms with van der Waals surface area (Å²) in [7, 11) is 0. The van der Waals surface area contributed by atoms with Crippen LogP contribution in [-0.2, 0) is 4.79 Å². The van der Waals surface area contributed by atoms with Crippen LogP contribution in [0.25, 0.3) is 0 Å². The van der Waals surface area contributed by atoms with E-state index in [1.165, 1.54) is 0 Å². The van der Waals surface area contributed by atoms with Crippen molar-refractivity contribution in [1.82, 2.24) is 10.6 Å². The molecule has 2 saturated heterocycles. The number of amides is 1. The zero-order valence-electron chi connectivity index (χ0n) is 5.59. The number of halogens is 1. The van der Waals surface area contributed by atoms with Gasteiger partial charge in [-0.25, -0.2) is 0 Å². The Kier molecular flexibility index (Phi) is 2.16. The normalized spacial score (nSPS) is 36.6. The largest absolute Gasteiger partial charge is 0.352 e. The van der Waals surface area contributed by atoms with E-state index in [1.54, 1.807) is 0 Å². The summed E-state index contributed by atoms with van der Waals surface area (Å²) < 4.78 is 0.